The van der Waals surface area contributed by atoms with E-state index < -0.39 is 0 Å². The average Bonchev–Trinajstić information content (AvgIpc) is 2.88. The summed E-state index contributed by atoms with van der Waals surface area (Å²) < 4.78 is 1.81. The van der Waals surface area contributed by atoms with Gasteiger partial charge in [-0.15, -0.1) is 0 Å². The van der Waals surface area contributed by atoms with E-state index in [0.29, 0.717) is 5.92 Å². The monoisotopic (exact) mass is 250 g/mol. The van der Waals surface area contributed by atoms with Gasteiger partial charge in [-0.3, -0.25) is 4.68 Å². The molecule has 1 heterocycles. The average molecular weight is 250 g/mol. The number of aromatic nitrogens is 2. The van der Waals surface area contributed by atoms with Crippen molar-refractivity contribution in [3.8, 4) is 0 Å². The Kier molecular flexibility index (Phi) is 4.10. The van der Waals surface area contributed by atoms with Crippen molar-refractivity contribution in [1.82, 2.24) is 9.78 Å². The zero-order valence-corrected chi connectivity index (χ0v) is 11.9. The predicted molar refractivity (Wildman–Crippen MR) is 73.3 cm³/mol. The fourth-order valence-electron chi connectivity index (χ4n) is 3.58. The van der Waals surface area contributed by atoms with E-state index in [0.717, 1.165) is 18.4 Å². The molecule has 1 atom stereocenters. The highest BCUT2D eigenvalue weighted by Crippen LogP contribution is 2.46. The van der Waals surface area contributed by atoms with Crippen LogP contribution in [0.25, 0.3) is 0 Å². The Morgan fingerprint density at radius 2 is 2.06 bits per heavy atom. The third-order valence-corrected chi connectivity index (χ3v) is 4.31. The first kappa shape index (κ1) is 13.6. The summed E-state index contributed by atoms with van der Waals surface area (Å²) in [5.74, 6) is 0.659. The van der Waals surface area contributed by atoms with Gasteiger partial charge in [0.1, 0.15) is 0 Å². The van der Waals surface area contributed by atoms with Crippen molar-refractivity contribution in [2.45, 2.75) is 58.5 Å². The molecular weight excluding hydrogens is 224 g/mol. The number of aryl methyl sites for hydroxylation is 1. The predicted octanol–water partition coefficient (Wildman–Crippen LogP) is 2.93. The molecule has 2 rings (SSSR count). The molecule has 1 fully saturated rings. The maximum absolute atomic E-state index is 10.7. The van der Waals surface area contributed by atoms with E-state index >= 15 is 0 Å². The molecule has 0 saturated heterocycles. The lowest BCUT2D eigenvalue weighted by atomic mass is 9.72. The van der Waals surface area contributed by atoms with Crippen molar-refractivity contribution in [2.75, 3.05) is 0 Å². The van der Waals surface area contributed by atoms with Gasteiger partial charge in [-0.25, -0.2) is 0 Å². The summed E-state index contributed by atoms with van der Waals surface area (Å²) in [5.41, 5.74) is 1.31. The lowest BCUT2D eigenvalue weighted by molar-refractivity contribution is 0.0134. The van der Waals surface area contributed by atoms with Gasteiger partial charge in [0, 0.05) is 19.7 Å². The van der Waals surface area contributed by atoms with Crippen LogP contribution >= 0.6 is 0 Å². The molecule has 0 radical (unpaired) electrons. The smallest absolute Gasteiger partial charge is 0.0637 e. The SMILES string of the molecule is CC(C)CC1(C(O)Cc2cnn(C)c2)CCCC1. The quantitative estimate of drug-likeness (QED) is 0.872. The van der Waals surface area contributed by atoms with Crippen LogP contribution in [0.4, 0.5) is 0 Å². The zero-order chi connectivity index (χ0) is 13.2. The van der Waals surface area contributed by atoms with Crippen molar-refractivity contribution in [2.24, 2.45) is 18.4 Å². The molecular formula is C15H26N2O. The van der Waals surface area contributed by atoms with Crippen molar-refractivity contribution in [3.05, 3.63) is 18.0 Å². The highest BCUT2D eigenvalue weighted by atomic mass is 16.3. The van der Waals surface area contributed by atoms with Gasteiger partial charge in [0.05, 0.1) is 12.3 Å². The van der Waals surface area contributed by atoms with E-state index in [1.165, 1.54) is 25.7 Å². The molecule has 1 saturated carbocycles. The fourth-order valence-corrected chi connectivity index (χ4v) is 3.58. The Labute approximate surface area is 110 Å². The van der Waals surface area contributed by atoms with Gasteiger partial charge in [-0.1, -0.05) is 26.7 Å². The van der Waals surface area contributed by atoms with Crippen molar-refractivity contribution in [3.63, 3.8) is 0 Å². The second kappa shape index (κ2) is 5.43. The summed E-state index contributed by atoms with van der Waals surface area (Å²) in [5, 5.41) is 14.9. The first-order valence-corrected chi connectivity index (χ1v) is 7.17. The molecule has 18 heavy (non-hydrogen) atoms. The van der Waals surface area contributed by atoms with Gasteiger partial charge < -0.3 is 5.11 Å². The molecule has 0 aliphatic heterocycles. The molecule has 3 heteroatoms. The van der Waals surface area contributed by atoms with E-state index in [2.05, 4.69) is 18.9 Å². The maximum atomic E-state index is 10.7. The summed E-state index contributed by atoms with van der Waals surface area (Å²) >= 11 is 0. The van der Waals surface area contributed by atoms with E-state index in [1.807, 2.05) is 24.1 Å². The largest absolute Gasteiger partial charge is 0.392 e. The summed E-state index contributed by atoms with van der Waals surface area (Å²) in [4.78, 5) is 0. The molecule has 0 spiro atoms. The molecule has 102 valence electrons. The number of rotatable bonds is 5. The van der Waals surface area contributed by atoms with Crippen LogP contribution in [0.3, 0.4) is 0 Å². The van der Waals surface area contributed by atoms with Gasteiger partial charge in [0.15, 0.2) is 0 Å². The van der Waals surface area contributed by atoms with Crippen LogP contribution in [-0.4, -0.2) is 21.0 Å². The minimum Gasteiger partial charge on any atom is -0.392 e. The van der Waals surface area contributed by atoms with Crippen molar-refractivity contribution in [1.29, 1.82) is 0 Å². The second-order valence-corrected chi connectivity index (χ2v) is 6.41. The van der Waals surface area contributed by atoms with E-state index in [9.17, 15) is 5.11 Å². The fraction of sp³-hybridized carbons (Fsp3) is 0.800. The van der Waals surface area contributed by atoms with E-state index in [4.69, 9.17) is 0 Å². The van der Waals surface area contributed by atoms with E-state index in [-0.39, 0.29) is 11.5 Å². The van der Waals surface area contributed by atoms with Crippen LogP contribution in [0.1, 0.15) is 51.5 Å². The lowest BCUT2D eigenvalue weighted by Crippen LogP contribution is -2.35. The van der Waals surface area contributed by atoms with E-state index in [1.54, 1.807) is 0 Å². The Hall–Kier alpha value is -0.830. The summed E-state index contributed by atoms with van der Waals surface area (Å²) in [6.45, 7) is 4.52. The third-order valence-electron chi connectivity index (χ3n) is 4.31. The Balaban J connectivity index is 2.06. The summed E-state index contributed by atoms with van der Waals surface area (Å²) in [6.07, 6.45) is 10.5. The number of aliphatic hydroxyl groups is 1. The van der Waals surface area contributed by atoms with Crippen LogP contribution in [0.5, 0.6) is 0 Å². The molecule has 1 aliphatic carbocycles. The Morgan fingerprint density at radius 1 is 1.39 bits per heavy atom. The first-order chi connectivity index (χ1) is 8.52. The number of aliphatic hydroxyl groups excluding tert-OH is 1. The highest BCUT2D eigenvalue weighted by Gasteiger charge is 2.40. The highest BCUT2D eigenvalue weighted by molar-refractivity contribution is 5.07. The van der Waals surface area contributed by atoms with Gasteiger partial charge in [-0.2, -0.15) is 5.10 Å². The lowest BCUT2D eigenvalue weighted by Gasteiger charge is -2.36. The minimum atomic E-state index is -0.216. The molecule has 1 aromatic rings. The van der Waals surface area contributed by atoms with Gasteiger partial charge in [0.25, 0.3) is 0 Å². The van der Waals surface area contributed by atoms with Crippen molar-refractivity contribution < 1.29 is 5.11 Å². The Morgan fingerprint density at radius 3 is 2.56 bits per heavy atom. The second-order valence-electron chi connectivity index (χ2n) is 6.41. The van der Waals surface area contributed by atoms with Gasteiger partial charge in [0.2, 0.25) is 0 Å². The van der Waals surface area contributed by atoms with Crippen LogP contribution in [0, 0.1) is 11.3 Å². The molecule has 1 N–H and O–H groups in total. The topological polar surface area (TPSA) is 38.1 Å². The van der Waals surface area contributed by atoms with Gasteiger partial charge in [-0.05, 0) is 36.2 Å². The van der Waals surface area contributed by atoms with Crippen LogP contribution in [0.15, 0.2) is 12.4 Å². The number of hydrogen-bond donors (Lipinski definition) is 1. The molecule has 3 nitrogen and oxygen atoms in total. The Bertz CT molecular complexity index is 378. The third kappa shape index (κ3) is 2.94. The van der Waals surface area contributed by atoms with Crippen molar-refractivity contribution >= 4 is 0 Å². The maximum Gasteiger partial charge on any atom is 0.0637 e. The summed E-state index contributed by atoms with van der Waals surface area (Å²) in [7, 11) is 1.93. The van der Waals surface area contributed by atoms with Crippen LogP contribution in [0.2, 0.25) is 0 Å². The zero-order valence-electron chi connectivity index (χ0n) is 11.9. The molecule has 1 aromatic heterocycles. The molecule has 1 unspecified atom stereocenters. The first-order valence-electron chi connectivity index (χ1n) is 7.17. The molecule has 1 aliphatic rings. The van der Waals surface area contributed by atoms with Crippen LogP contribution < -0.4 is 0 Å². The number of nitrogens with zero attached hydrogens (tertiary/aromatic N) is 2. The van der Waals surface area contributed by atoms with Gasteiger partial charge >= 0.3 is 0 Å². The molecule has 0 amide bonds. The normalized spacial score (nSPS) is 20.5. The standard InChI is InChI=1S/C15H26N2O/c1-12(2)9-15(6-4-5-7-15)14(18)8-13-10-16-17(3)11-13/h10-12,14,18H,4-9H2,1-3H3. The number of hydrogen-bond acceptors (Lipinski definition) is 2. The molecule has 0 bridgehead atoms. The minimum absolute atomic E-state index is 0.157. The van der Waals surface area contributed by atoms with Crippen LogP contribution in [-0.2, 0) is 13.5 Å². The summed E-state index contributed by atoms with van der Waals surface area (Å²) in [6, 6.07) is 0. The molecule has 0 aromatic carbocycles.